The minimum atomic E-state index is -0.986. The second-order valence-electron chi connectivity index (χ2n) is 3.94. The van der Waals surface area contributed by atoms with Crippen molar-refractivity contribution in [3.63, 3.8) is 0 Å². The van der Waals surface area contributed by atoms with Crippen LogP contribution in [0.5, 0.6) is 0 Å². The first-order valence-corrected chi connectivity index (χ1v) is 4.43. The average Bonchev–Trinajstić information content (AvgIpc) is 2.30. The fraction of sp³-hybridized carbons (Fsp3) is 0.778. The van der Waals surface area contributed by atoms with E-state index in [1.165, 1.54) is 0 Å². The van der Waals surface area contributed by atoms with Gasteiger partial charge in [0.15, 0.2) is 0 Å². The van der Waals surface area contributed by atoms with Gasteiger partial charge in [-0.1, -0.05) is 19.0 Å². The molecule has 4 heteroatoms. The van der Waals surface area contributed by atoms with Gasteiger partial charge in [0, 0.05) is 5.41 Å². The van der Waals surface area contributed by atoms with Crippen molar-refractivity contribution < 1.29 is 14.7 Å². The molecule has 0 spiro atoms. The lowest BCUT2D eigenvalue weighted by atomic mass is 9.90. The summed E-state index contributed by atoms with van der Waals surface area (Å²) in [4.78, 5) is 14.8. The number of hydrogen-bond donors (Lipinski definition) is 1. The predicted octanol–water partition coefficient (Wildman–Crippen LogP) is 1.65. The highest BCUT2D eigenvalue weighted by Crippen LogP contribution is 2.34. The number of hydrogen-bond acceptors (Lipinski definition) is 3. The van der Waals surface area contributed by atoms with Crippen LogP contribution in [0.4, 0.5) is 0 Å². The van der Waals surface area contributed by atoms with Crippen LogP contribution in [-0.2, 0) is 9.63 Å². The van der Waals surface area contributed by atoms with Gasteiger partial charge in [-0.3, -0.25) is 0 Å². The lowest BCUT2D eigenvalue weighted by Gasteiger charge is -2.16. The van der Waals surface area contributed by atoms with Crippen molar-refractivity contribution in [2.75, 3.05) is 6.61 Å². The van der Waals surface area contributed by atoms with Crippen LogP contribution in [0.1, 0.15) is 33.1 Å². The van der Waals surface area contributed by atoms with E-state index in [1.807, 2.05) is 0 Å². The maximum Gasteiger partial charge on any atom is 0.344 e. The number of nitrogens with zero attached hydrogens (tertiary/aromatic N) is 1. The molecule has 1 saturated carbocycles. The van der Waals surface area contributed by atoms with E-state index in [4.69, 9.17) is 9.94 Å². The summed E-state index contributed by atoms with van der Waals surface area (Å²) in [5.41, 5.74) is 1.06. The molecule has 1 aliphatic rings. The molecule has 0 heterocycles. The van der Waals surface area contributed by atoms with E-state index in [0.29, 0.717) is 0 Å². The Bertz CT molecular complexity index is 233. The van der Waals surface area contributed by atoms with Gasteiger partial charge in [0.25, 0.3) is 0 Å². The van der Waals surface area contributed by atoms with Crippen molar-refractivity contribution in [1.82, 2.24) is 0 Å². The van der Waals surface area contributed by atoms with Gasteiger partial charge in [-0.15, -0.1) is 0 Å². The monoisotopic (exact) mass is 185 g/mol. The molecule has 0 aromatic heterocycles. The molecule has 0 aromatic rings. The number of oxime groups is 1. The third-order valence-corrected chi connectivity index (χ3v) is 2.36. The molecule has 0 unspecified atom stereocenters. The second kappa shape index (κ2) is 3.77. The molecule has 13 heavy (non-hydrogen) atoms. The zero-order valence-corrected chi connectivity index (χ0v) is 8.04. The fourth-order valence-corrected chi connectivity index (χ4v) is 1.52. The Morgan fingerprint density at radius 3 is 2.85 bits per heavy atom. The van der Waals surface area contributed by atoms with Crippen molar-refractivity contribution in [1.29, 1.82) is 0 Å². The van der Waals surface area contributed by atoms with E-state index < -0.39 is 5.97 Å². The number of carbonyl (C=O) groups is 1. The van der Waals surface area contributed by atoms with Crippen LogP contribution in [0.3, 0.4) is 0 Å². The van der Waals surface area contributed by atoms with Gasteiger partial charge in [-0.2, -0.15) is 0 Å². The first-order valence-electron chi connectivity index (χ1n) is 4.43. The minimum Gasteiger partial charge on any atom is -0.479 e. The first kappa shape index (κ1) is 10.0. The first-order chi connectivity index (χ1) is 6.02. The van der Waals surface area contributed by atoms with Crippen LogP contribution in [0.25, 0.3) is 0 Å². The molecular formula is C9H15NO3. The van der Waals surface area contributed by atoms with Gasteiger partial charge < -0.3 is 9.94 Å². The molecule has 74 valence electrons. The number of rotatable bonds is 3. The maximum absolute atomic E-state index is 10.1. The molecule has 0 aliphatic heterocycles. The summed E-state index contributed by atoms with van der Waals surface area (Å²) in [6.07, 6.45) is 3.14. The Balaban J connectivity index is 2.46. The Labute approximate surface area is 77.6 Å². The minimum absolute atomic E-state index is 0.0818. The third-order valence-electron chi connectivity index (χ3n) is 2.36. The molecule has 4 nitrogen and oxygen atoms in total. The second-order valence-corrected chi connectivity index (χ2v) is 3.94. The smallest absolute Gasteiger partial charge is 0.344 e. The molecule has 0 aromatic carbocycles. The lowest BCUT2D eigenvalue weighted by Crippen LogP contribution is -2.17. The normalized spacial score (nSPS) is 23.4. The van der Waals surface area contributed by atoms with Gasteiger partial charge in [0.2, 0.25) is 6.61 Å². The Morgan fingerprint density at radius 1 is 1.69 bits per heavy atom. The molecule has 1 aliphatic carbocycles. The van der Waals surface area contributed by atoms with Crippen molar-refractivity contribution in [3.8, 4) is 0 Å². The number of carboxylic acids is 1. The topological polar surface area (TPSA) is 58.9 Å². The zero-order valence-electron chi connectivity index (χ0n) is 8.04. The SMILES string of the molecule is CC1(C)CCCC1=NOCC(=O)O. The van der Waals surface area contributed by atoms with Gasteiger partial charge >= 0.3 is 5.97 Å². The van der Waals surface area contributed by atoms with Crippen molar-refractivity contribution >= 4 is 11.7 Å². The van der Waals surface area contributed by atoms with Crippen LogP contribution in [0.2, 0.25) is 0 Å². The predicted molar refractivity (Wildman–Crippen MR) is 48.7 cm³/mol. The van der Waals surface area contributed by atoms with Gasteiger partial charge in [0.05, 0.1) is 5.71 Å². The summed E-state index contributed by atoms with van der Waals surface area (Å²) < 4.78 is 0. The van der Waals surface area contributed by atoms with E-state index >= 15 is 0 Å². The summed E-state index contributed by atoms with van der Waals surface area (Å²) in [5, 5.41) is 12.2. The van der Waals surface area contributed by atoms with Crippen LogP contribution in [0.15, 0.2) is 5.16 Å². The number of carboxylic acid groups (broad SMARTS) is 1. The Kier molecular flexibility index (Phi) is 2.90. The highest BCUT2D eigenvalue weighted by atomic mass is 16.6. The van der Waals surface area contributed by atoms with E-state index in [9.17, 15) is 4.79 Å². The van der Waals surface area contributed by atoms with E-state index in [2.05, 4.69) is 19.0 Å². The van der Waals surface area contributed by atoms with Crippen LogP contribution in [0, 0.1) is 5.41 Å². The largest absolute Gasteiger partial charge is 0.479 e. The summed E-state index contributed by atoms with van der Waals surface area (Å²) in [6.45, 7) is 3.85. The number of aliphatic carboxylic acids is 1. The zero-order chi connectivity index (χ0) is 9.90. The molecule has 0 atom stereocenters. The molecule has 0 bridgehead atoms. The summed E-state index contributed by atoms with van der Waals surface area (Å²) in [6, 6.07) is 0. The quantitative estimate of drug-likeness (QED) is 0.680. The Hall–Kier alpha value is -1.06. The van der Waals surface area contributed by atoms with Crippen molar-refractivity contribution in [2.24, 2.45) is 10.6 Å². The molecule has 0 amide bonds. The fourth-order valence-electron chi connectivity index (χ4n) is 1.52. The highest BCUT2D eigenvalue weighted by Gasteiger charge is 2.30. The standard InChI is InChI=1S/C9H15NO3/c1-9(2)5-3-4-7(9)10-13-6-8(11)12/h3-6H2,1-2H3,(H,11,12). The van der Waals surface area contributed by atoms with Gasteiger partial charge in [0.1, 0.15) is 0 Å². The van der Waals surface area contributed by atoms with Crippen molar-refractivity contribution in [3.05, 3.63) is 0 Å². The lowest BCUT2D eigenvalue weighted by molar-refractivity contribution is -0.142. The van der Waals surface area contributed by atoms with E-state index in [0.717, 1.165) is 25.0 Å². The van der Waals surface area contributed by atoms with E-state index in [-0.39, 0.29) is 12.0 Å². The van der Waals surface area contributed by atoms with Crippen LogP contribution >= 0.6 is 0 Å². The van der Waals surface area contributed by atoms with Crippen LogP contribution in [-0.4, -0.2) is 23.4 Å². The summed E-state index contributed by atoms with van der Waals surface area (Å²) in [7, 11) is 0. The van der Waals surface area contributed by atoms with Crippen LogP contribution < -0.4 is 0 Å². The third kappa shape index (κ3) is 2.72. The molecule has 1 fully saturated rings. The Morgan fingerprint density at radius 2 is 2.38 bits per heavy atom. The molecule has 1 N–H and O–H groups in total. The molecule has 0 saturated heterocycles. The molecule has 1 rings (SSSR count). The van der Waals surface area contributed by atoms with Gasteiger partial charge in [-0.05, 0) is 19.3 Å². The summed E-state index contributed by atoms with van der Waals surface area (Å²) in [5.74, 6) is -0.986. The van der Waals surface area contributed by atoms with Gasteiger partial charge in [-0.25, -0.2) is 4.79 Å². The van der Waals surface area contributed by atoms with Crippen molar-refractivity contribution in [2.45, 2.75) is 33.1 Å². The average molecular weight is 185 g/mol. The maximum atomic E-state index is 10.1. The highest BCUT2D eigenvalue weighted by molar-refractivity contribution is 5.90. The molecule has 0 radical (unpaired) electrons. The van der Waals surface area contributed by atoms with E-state index in [1.54, 1.807) is 0 Å². The summed E-state index contributed by atoms with van der Waals surface area (Å²) >= 11 is 0. The molecular weight excluding hydrogens is 170 g/mol.